The lowest BCUT2D eigenvalue weighted by Gasteiger charge is -2.26. The van der Waals surface area contributed by atoms with E-state index in [4.69, 9.17) is 21.1 Å². The van der Waals surface area contributed by atoms with Gasteiger partial charge in [0.15, 0.2) is 5.82 Å². The van der Waals surface area contributed by atoms with Crippen LogP contribution in [0.2, 0.25) is 5.02 Å². The number of halogens is 1. The van der Waals surface area contributed by atoms with Crippen LogP contribution in [0.1, 0.15) is 17.5 Å². The molecule has 4 atom stereocenters. The monoisotopic (exact) mass is 513 g/mol. The number of hydrogen-bond acceptors (Lipinski definition) is 8. The summed E-state index contributed by atoms with van der Waals surface area (Å²) in [6.07, 6.45) is 8.34. The molecule has 1 aliphatic heterocycles. The molecule has 10 heteroatoms. The summed E-state index contributed by atoms with van der Waals surface area (Å²) in [6.45, 7) is 3.60. The summed E-state index contributed by atoms with van der Waals surface area (Å²) in [4.78, 5) is 23.3. The number of carboxylic acid groups (broad SMARTS) is 1. The number of carbonyl (C=O) groups is 1. The second-order valence-corrected chi connectivity index (χ2v) is 10.1. The van der Waals surface area contributed by atoms with Crippen molar-refractivity contribution in [1.82, 2.24) is 14.9 Å². The number of carboxylic acids is 1. The van der Waals surface area contributed by atoms with E-state index >= 15 is 0 Å². The van der Waals surface area contributed by atoms with Crippen LogP contribution < -0.4 is 15.4 Å². The molecule has 1 aromatic carbocycles. The van der Waals surface area contributed by atoms with Gasteiger partial charge >= 0.3 is 5.97 Å². The minimum absolute atomic E-state index is 0.0393. The SMILES string of the molecule is COCCN1CCc2cc(Nc3ncc(Cl)c(NC4C5C=CC(C5)C4C(=O)O)n3)c(OC)cc2CC1. The third kappa shape index (κ3) is 5.00. The van der Waals surface area contributed by atoms with Crippen LogP contribution in [0.5, 0.6) is 5.75 Å². The summed E-state index contributed by atoms with van der Waals surface area (Å²) in [5.74, 6) is 0.384. The first-order valence-corrected chi connectivity index (χ1v) is 12.7. The molecule has 0 spiro atoms. The van der Waals surface area contributed by atoms with E-state index in [-0.39, 0.29) is 17.9 Å². The number of allylic oxidation sites excluding steroid dienone is 1. The lowest BCUT2D eigenvalue weighted by Crippen LogP contribution is -2.38. The summed E-state index contributed by atoms with van der Waals surface area (Å²) in [5.41, 5.74) is 3.32. The predicted molar refractivity (Wildman–Crippen MR) is 138 cm³/mol. The van der Waals surface area contributed by atoms with E-state index in [0.717, 1.165) is 56.9 Å². The highest BCUT2D eigenvalue weighted by Crippen LogP contribution is 2.45. The Bertz CT molecular complexity index is 1160. The Morgan fingerprint density at radius 1 is 1.19 bits per heavy atom. The Hall–Kier alpha value is -2.88. The lowest BCUT2D eigenvalue weighted by atomic mass is 9.89. The zero-order valence-corrected chi connectivity index (χ0v) is 21.3. The van der Waals surface area contributed by atoms with Crippen LogP contribution in [-0.4, -0.2) is 72.4 Å². The number of aromatic nitrogens is 2. The number of aliphatic carboxylic acids is 1. The molecule has 9 nitrogen and oxygen atoms in total. The molecule has 1 fully saturated rings. The van der Waals surface area contributed by atoms with Crippen LogP contribution in [0, 0.1) is 17.8 Å². The minimum atomic E-state index is -0.802. The predicted octanol–water partition coefficient (Wildman–Crippen LogP) is 3.62. The van der Waals surface area contributed by atoms with Gasteiger partial charge in [-0.2, -0.15) is 4.98 Å². The number of benzene rings is 1. The molecule has 2 heterocycles. The summed E-state index contributed by atoms with van der Waals surface area (Å²) >= 11 is 6.41. The van der Waals surface area contributed by atoms with Gasteiger partial charge in [0, 0.05) is 32.8 Å². The second-order valence-electron chi connectivity index (χ2n) is 9.65. The summed E-state index contributed by atoms with van der Waals surface area (Å²) in [5, 5.41) is 16.7. The van der Waals surface area contributed by atoms with E-state index in [0.29, 0.717) is 16.8 Å². The number of rotatable bonds is 9. The molecular weight excluding hydrogens is 482 g/mol. The molecule has 2 bridgehead atoms. The number of fused-ring (bicyclic) bond motifs is 3. The van der Waals surface area contributed by atoms with Crippen molar-refractivity contribution >= 4 is 35.0 Å². The van der Waals surface area contributed by atoms with Gasteiger partial charge in [-0.05, 0) is 54.4 Å². The van der Waals surface area contributed by atoms with Crippen molar-refractivity contribution in [3.05, 3.63) is 46.6 Å². The number of ether oxygens (including phenoxy) is 2. The van der Waals surface area contributed by atoms with Crippen molar-refractivity contribution in [3.8, 4) is 5.75 Å². The van der Waals surface area contributed by atoms with Crippen molar-refractivity contribution in [2.75, 3.05) is 51.1 Å². The standard InChI is InChI=1S/C26H32ClN5O4/c1-35-10-9-32-7-5-15-12-20(21(36-2)13-16(15)6-8-32)29-26-28-14-19(27)24(31-26)30-23-18-4-3-17(11-18)22(23)25(33)34/h3-4,12-14,17-18,22-23H,5-11H2,1-2H3,(H,33,34)(H2,28,29,30,31). The van der Waals surface area contributed by atoms with Crippen molar-refractivity contribution < 1.29 is 19.4 Å². The Kier molecular flexibility index (Phi) is 7.32. The molecule has 36 heavy (non-hydrogen) atoms. The third-order valence-electron chi connectivity index (χ3n) is 7.57. The smallest absolute Gasteiger partial charge is 0.309 e. The summed E-state index contributed by atoms with van der Waals surface area (Å²) in [7, 11) is 3.38. The Balaban J connectivity index is 1.35. The van der Waals surface area contributed by atoms with Gasteiger partial charge in [0.2, 0.25) is 5.95 Å². The van der Waals surface area contributed by atoms with Crippen LogP contribution in [0.4, 0.5) is 17.5 Å². The highest BCUT2D eigenvalue weighted by atomic mass is 35.5. The maximum Gasteiger partial charge on any atom is 0.309 e. The first kappa shape index (κ1) is 24.8. The topological polar surface area (TPSA) is 109 Å². The Morgan fingerprint density at radius 3 is 2.67 bits per heavy atom. The van der Waals surface area contributed by atoms with E-state index in [9.17, 15) is 9.90 Å². The number of methoxy groups -OCH3 is 2. The largest absolute Gasteiger partial charge is 0.495 e. The molecule has 2 aliphatic carbocycles. The van der Waals surface area contributed by atoms with Crippen LogP contribution in [0.25, 0.3) is 0 Å². The van der Waals surface area contributed by atoms with Gasteiger partial charge in [0.05, 0.1) is 31.5 Å². The second kappa shape index (κ2) is 10.6. The van der Waals surface area contributed by atoms with Gasteiger partial charge < -0.3 is 30.1 Å². The number of anilines is 3. The van der Waals surface area contributed by atoms with Crippen molar-refractivity contribution in [2.45, 2.75) is 25.3 Å². The molecule has 2 aromatic rings. The van der Waals surface area contributed by atoms with Crippen molar-refractivity contribution in [1.29, 1.82) is 0 Å². The molecule has 1 saturated carbocycles. The van der Waals surface area contributed by atoms with E-state index in [1.807, 2.05) is 6.08 Å². The fraction of sp³-hybridized carbons (Fsp3) is 0.500. The van der Waals surface area contributed by atoms with E-state index in [1.54, 1.807) is 14.2 Å². The number of nitrogens with one attached hydrogen (secondary N) is 2. The number of nitrogens with zero attached hydrogens (tertiary/aromatic N) is 3. The average molecular weight is 514 g/mol. The normalized spacial score (nSPS) is 24.9. The molecule has 4 unspecified atom stereocenters. The van der Waals surface area contributed by atoms with Gasteiger partial charge in [-0.1, -0.05) is 23.8 Å². The highest BCUT2D eigenvalue weighted by molar-refractivity contribution is 6.32. The Labute approximate surface area is 215 Å². The maximum absolute atomic E-state index is 11.9. The van der Waals surface area contributed by atoms with E-state index in [1.165, 1.54) is 17.3 Å². The molecule has 0 saturated heterocycles. The zero-order chi connectivity index (χ0) is 25.2. The highest BCUT2D eigenvalue weighted by Gasteiger charge is 2.48. The van der Waals surface area contributed by atoms with Crippen LogP contribution in [0.3, 0.4) is 0 Å². The fourth-order valence-electron chi connectivity index (χ4n) is 5.67. The molecular formula is C26H32ClN5O4. The van der Waals surface area contributed by atoms with Gasteiger partial charge in [0.25, 0.3) is 0 Å². The minimum Gasteiger partial charge on any atom is -0.495 e. The zero-order valence-electron chi connectivity index (χ0n) is 20.5. The molecule has 0 radical (unpaired) electrons. The molecule has 3 N–H and O–H groups in total. The van der Waals surface area contributed by atoms with Crippen LogP contribution in [-0.2, 0) is 22.4 Å². The molecule has 1 aromatic heterocycles. The van der Waals surface area contributed by atoms with E-state index < -0.39 is 11.9 Å². The van der Waals surface area contributed by atoms with Gasteiger partial charge in [-0.15, -0.1) is 0 Å². The fourth-order valence-corrected chi connectivity index (χ4v) is 5.82. The van der Waals surface area contributed by atoms with Crippen molar-refractivity contribution in [2.24, 2.45) is 17.8 Å². The first-order valence-electron chi connectivity index (χ1n) is 12.3. The lowest BCUT2D eigenvalue weighted by molar-refractivity contribution is -0.142. The first-order chi connectivity index (χ1) is 17.5. The molecule has 5 rings (SSSR count). The maximum atomic E-state index is 11.9. The van der Waals surface area contributed by atoms with Crippen LogP contribution in [0.15, 0.2) is 30.5 Å². The summed E-state index contributed by atoms with van der Waals surface area (Å²) in [6, 6.07) is 3.94. The van der Waals surface area contributed by atoms with Gasteiger partial charge in [0.1, 0.15) is 10.8 Å². The summed E-state index contributed by atoms with van der Waals surface area (Å²) < 4.78 is 10.9. The molecule has 192 valence electrons. The van der Waals surface area contributed by atoms with Gasteiger partial charge in [-0.25, -0.2) is 4.98 Å². The Morgan fingerprint density at radius 2 is 1.94 bits per heavy atom. The van der Waals surface area contributed by atoms with Gasteiger partial charge in [-0.3, -0.25) is 4.79 Å². The average Bonchev–Trinajstić information content (AvgIpc) is 3.42. The molecule has 0 amide bonds. The van der Waals surface area contributed by atoms with E-state index in [2.05, 4.69) is 43.7 Å². The quantitative estimate of drug-likeness (QED) is 0.433. The van der Waals surface area contributed by atoms with Crippen LogP contribution >= 0.6 is 11.6 Å². The number of hydrogen-bond donors (Lipinski definition) is 3. The van der Waals surface area contributed by atoms with Crippen molar-refractivity contribution in [3.63, 3.8) is 0 Å². The molecule has 3 aliphatic rings. The third-order valence-corrected chi connectivity index (χ3v) is 7.84.